The number of amides is 1. The van der Waals surface area contributed by atoms with Crippen LogP contribution in [0.2, 0.25) is 0 Å². The lowest BCUT2D eigenvalue weighted by Crippen LogP contribution is -2.35. The maximum Gasteiger partial charge on any atom is 0.311 e. The quantitative estimate of drug-likeness (QED) is 0.705. The van der Waals surface area contributed by atoms with Crippen molar-refractivity contribution >= 4 is 22.8 Å². The van der Waals surface area contributed by atoms with Gasteiger partial charge in [-0.05, 0) is 24.5 Å². The SMILES string of the molecule is O=C(Cc1c[nH]c2ccccc12)O[C@@H](C(=O)N1CCCC1)c1ccccc1. The molecule has 0 radical (unpaired) electrons. The van der Waals surface area contributed by atoms with Crippen LogP contribution in [0.1, 0.15) is 30.1 Å². The Morgan fingerprint density at radius 2 is 1.70 bits per heavy atom. The highest BCUT2D eigenvalue weighted by Crippen LogP contribution is 2.24. The Morgan fingerprint density at radius 3 is 2.48 bits per heavy atom. The molecule has 5 nitrogen and oxygen atoms in total. The minimum Gasteiger partial charge on any atom is -0.447 e. The number of carbonyl (C=O) groups excluding carboxylic acids is 2. The first-order valence-electron chi connectivity index (χ1n) is 9.30. The average molecular weight is 362 g/mol. The largest absolute Gasteiger partial charge is 0.447 e. The third kappa shape index (κ3) is 3.72. The summed E-state index contributed by atoms with van der Waals surface area (Å²) in [5, 5.41) is 0.997. The molecular formula is C22H22N2O3. The number of esters is 1. The van der Waals surface area contributed by atoms with E-state index in [1.807, 2.05) is 60.8 Å². The molecular weight excluding hydrogens is 340 g/mol. The van der Waals surface area contributed by atoms with E-state index in [4.69, 9.17) is 4.74 Å². The zero-order valence-electron chi connectivity index (χ0n) is 15.1. The van der Waals surface area contributed by atoms with Gasteiger partial charge in [0.25, 0.3) is 5.91 Å². The van der Waals surface area contributed by atoms with Crippen LogP contribution in [-0.4, -0.2) is 34.8 Å². The number of nitrogens with one attached hydrogen (secondary N) is 1. The number of aromatic amines is 1. The Kier molecular flexibility index (Phi) is 4.92. The molecule has 3 aromatic rings. The second kappa shape index (κ2) is 7.66. The normalized spacial score (nSPS) is 15.0. The van der Waals surface area contributed by atoms with E-state index in [2.05, 4.69) is 4.98 Å². The number of nitrogens with zero attached hydrogens (tertiary/aromatic N) is 1. The molecule has 0 spiro atoms. The van der Waals surface area contributed by atoms with Gasteiger partial charge in [0.05, 0.1) is 6.42 Å². The molecule has 138 valence electrons. The summed E-state index contributed by atoms with van der Waals surface area (Å²) in [4.78, 5) is 30.5. The number of benzene rings is 2. The number of aromatic nitrogens is 1. The fourth-order valence-corrected chi connectivity index (χ4v) is 3.60. The molecule has 2 heterocycles. The van der Waals surface area contributed by atoms with Crippen LogP contribution in [0.15, 0.2) is 60.8 Å². The van der Waals surface area contributed by atoms with E-state index < -0.39 is 12.1 Å². The Balaban J connectivity index is 1.53. The van der Waals surface area contributed by atoms with Gasteiger partial charge in [0.1, 0.15) is 0 Å². The minimum absolute atomic E-state index is 0.126. The second-order valence-electron chi connectivity index (χ2n) is 6.85. The van der Waals surface area contributed by atoms with Crippen LogP contribution in [0.5, 0.6) is 0 Å². The summed E-state index contributed by atoms with van der Waals surface area (Å²) in [6.07, 6.45) is 3.06. The maximum atomic E-state index is 12.9. The molecule has 1 aliphatic heterocycles. The zero-order valence-corrected chi connectivity index (χ0v) is 15.1. The third-order valence-electron chi connectivity index (χ3n) is 5.00. The Hall–Kier alpha value is -3.08. The Labute approximate surface area is 157 Å². The molecule has 0 aliphatic carbocycles. The summed E-state index contributed by atoms with van der Waals surface area (Å²) in [7, 11) is 0. The Bertz CT molecular complexity index is 942. The molecule has 0 bridgehead atoms. The van der Waals surface area contributed by atoms with Crippen molar-refractivity contribution in [1.29, 1.82) is 0 Å². The molecule has 0 unspecified atom stereocenters. The summed E-state index contributed by atoms with van der Waals surface area (Å²) in [5.41, 5.74) is 2.56. The van der Waals surface area contributed by atoms with Gasteiger partial charge in [0.15, 0.2) is 0 Å². The number of likely N-dealkylation sites (tertiary alicyclic amines) is 1. The van der Waals surface area contributed by atoms with Gasteiger partial charge in [-0.25, -0.2) is 0 Å². The van der Waals surface area contributed by atoms with Crippen molar-refractivity contribution in [3.63, 3.8) is 0 Å². The van der Waals surface area contributed by atoms with Gasteiger partial charge < -0.3 is 14.6 Å². The van der Waals surface area contributed by atoms with Crippen LogP contribution >= 0.6 is 0 Å². The Morgan fingerprint density at radius 1 is 1.00 bits per heavy atom. The number of carbonyl (C=O) groups is 2. The van der Waals surface area contributed by atoms with Crippen molar-refractivity contribution < 1.29 is 14.3 Å². The lowest BCUT2D eigenvalue weighted by molar-refractivity contribution is -0.160. The van der Waals surface area contributed by atoms with Gasteiger partial charge in [-0.3, -0.25) is 9.59 Å². The van der Waals surface area contributed by atoms with E-state index in [0.717, 1.165) is 42.4 Å². The van der Waals surface area contributed by atoms with Crippen molar-refractivity contribution in [1.82, 2.24) is 9.88 Å². The first kappa shape index (κ1) is 17.3. The number of hydrogen-bond acceptors (Lipinski definition) is 3. The predicted octanol–water partition coefficient (Wildman–Crippen LogP) is 3.62. The summed E-state index contributed by atoms with van der Waals surface area (Å²) >= 11 is 0. The van der Waals surface area contributed by atoms with Crippen molar-refractivity contribution in [2.45, 2.75) is 25.4 Å². The molecule has 1 aliphatic rings. The molecule has 1 fully saturated rings. The molecule has 1 saturated heterocycles. The van der Waals surface area contributed by atoms with Crippen LogP contribution in [0.25, 0.3) is 10.9 Å². The molecule has 1 N–H and O–H groups in total. The number of ether oxygens (including phenoxy) is 1. The standard InChI is InChI=1S/C22H22N2O3/c25-20(14-17-15-23-19-11-5-4-10-18(17)19)27-21(16-8-2-1-3-9-16)22(26)24-12-6-7-13-24/h1-5,8-11,15,21,23H,6-7,12-14H2/t21-/m1/s1. The molecule has 2 aromatic carbocycles. The highest BCUT2D eigenvalue weighted by Gasteiger charge is 2.31. The lowest BCUT2D eigenvalue weighted by atomic mass is 10.1. The van der Waals surface area contributed by atoms with Crippen molar-refractivity contribution in [3.05, 3.63) is 71.9 Å². The summed E-state index contributed by atoms with van der Waals surface area (Å²) in [5.74, 6) is -0.535. The molecule has 1 amide bonds. The predicted molar refractivity (Wildman–Crippen MR) is 103 cm³/mol. The average Bonchev–Trinajstić information content (AvgIpc) is 3.37. The van der Waals surface area contributed by atoms with Gasteiger partial charge in [-0.1, -0.05) is 48.5 Å². The zero-order chi connectivity index (χ0) is 18.6. The summed E-state index contributed by atoms with van der Waals surface area (Å²) in [6, 6.07) is 17.1. The maximum absolute atomic E-state index is 12.9. The van der Waals surface area contributed by atoms with Crippen molar-refractivity contribution in [2.75, 3.05) is 13.1 Å². The number of fused-ring (bicyclic) bond motifs is 1. The third-order valence-corrected chi connectivity index (χ3v) is 5.00. The first-order valence-corrected chi connectivity index (χ1v) is 9.30. The van der Waals surface area contributed by atoms with E-state index in [1.54, 1.807) is 4.90 Å². The van der Waals surface area contributed by atoms with E-state index in [9.17, 15) is 9.59 Å². The lowest BCUT2D eigenvalue weighted by Gasteiger charge is -2.23. The van der Waals surface area contributed by atoms with Crippen LogP contribution in [0.4, 0.5) is 0 Å². The van der Waals surface area contributed by atoms with E-state index in [0.29, 0.717) is 5.56 Å². The van der Waals surface area contributed by atoms with Gasteiger partial charge in [-0.2, -0.15) is 0 Å². The van der Waals surface area contributed by atoms with Crippen LogP contribution in [0, 0.1) is 0 Å². The van der Waals surface area contributed by atoms with Gasteiger partial charge in [-0.15, -0.1) is 0 Å². The number of H-pyrrole nitrogens is 1. The molecule has 27 heavy (non-hydrogen) atoms. The number of para-hydroxylation sites is 1. The molecule has 0 saturated carbocycles. The molecule has 4 rings (SSSR count). The van der Waals surface area contributed by atoms with Crippen LogP contribution < -0.4 is 0 Å². The van der Waals surface area contributed by atoms with E-state index in [1.165, 1.54) is 0 Å². The topological polar surface area (TPSA) is 62.4 Å². The molecule has 1 atom stereocenters. The number of hydrogen-bond donors (Lipinski definition) is 1. The van der Waals surface area contributed by atoms with E-state index in [-0.39, 0.29) is 12.3 Å². The molecule has 5 heteroatoms. The summed E-state index contributed by atoms with van der Waals surface area (Å²) < 4.78 is 5.69. The first-order chi connectivity index (χ1) is 13.2. The van der Waals surface area contributed by atoms with Crippen molar-refractivity contribution in [3.8, 4) is 0 Å². The fraction of sp³-hybridized carbons (Fsp3) is 0.273. The van der Waals surface area contributed by atoms with Gasteiger partial charge >= 0.3 is 5.97 Å². The smallest absolute Gasteiger partial charge is 0.311 e. The van der Waals surface area contributed by atoms with Crippen molar-refractivity contribution in [2.24, 2.45) is 0 Å². The number of rotatable bonds is 5. The fourth-order valence-electron chi connectivity index (χ4n) is 3.60. The second-order valence-corrected chi connectivity index (χ2v) is 6.85. The summed E-state index contributed by atoms with van der Waals surface area (Å²) in [6.45, 7) is 1.45. The van der Waals surface area contributed by atoms with E-state index >= 15 is 0 Å². The van der Waals surface area contributed by atoms with Gasteiger partial charge in [0.2, 0.25) is 6.10 Å². The highest BCUT2D eigenvalue weighted by atomic mass is 16.5. The molecule has 1 aromatic heterocycles. The highest BCUT2D eigenvalue weighted by molar-refractivity contribution is 5.89. The van der Waals surface area contributed by atoms with Gasteiger partial charge in [0, 0.05) is 35.8 Å². The minimum atomic E-state index is -0.887. The monoisotopic (exact) mass is 362 g/mol. The van der Waals surface area contributed by atoms with Crippen LogP contribution in [0.3, 0.4) is 0 Å². The van der Waals surface area contributed by atoms with Crippen LogP contribution in [-0.2, 0) is 20.7 Å².